The van der Waals surface area contributed by atoms with E-state index >= 15 is 0 Å². The second-order valence-corrected chi connectivity index (χ2v) is 5.06. The van der Waals surface area contributed by atoms with Gasteiger partial charge in [0.05, 0.1) is 11.9 Å². The van der Waals surface area contributed by atoms with Crippen LogP contribution >= 0.6 is 0 Å². The third kappa shape index (κ3) is 2.91. The summed E-state index contributed by atoms with van der Waals surface area (Å²) in [7, 11) is 0. The van der Waals surface area contributed by atoms with Crippen molar-refractivity contribution >= 4 is 5.69 Å². The summed E-state index contributed by atoms with van der Waals surface area (Å²) < 4.78 is 5.97. The Labute approximate surface area is 119 Å². The summed E-state index contributed by atoms with van der Waals surface area (Å²) in [5.41, 5.74) is 1.11. The summed E-state index contributed by atoms with van der Waals surface area (Å²) >= 11 is 0. The molecule has 1 aromatic heterocycles. The highest BCUT2D eigenvalue weighted by molar-refractivity contribution is 5.58. The molecule has 104 valence electrons. The average molecular weight is 269 g/mol. The Morgan fingerprint density at radius 3 is 2.90 bits per heavy atom. The van der Waals surface area contributed by atoms with Crippen LogP contribution in [-0.2, 0) is 0 Å². The van der Waals surface area contributed by atoms with Crippen LogP contribution in [0.3, 0.4) is 0 Å². The molecule has 1 atom stereocenters. The van der Waals surface area contributed by atoms with Gasteiger partial charge in [-0.15, -0.1) is 0 Å². The Morgan fingerprint density at radius 1 is 1.25 bits per heavy atom. The van der Waals surface area contributed by atoms with Gasteiger partial charge in [0, 0.05) is 31.9 Å². The van der Waals surface area contributed by atoms with Gasteiger partial charge in [0.1, 0.15) is 5.75 Å². The van der Waals surface area contributed by atoms with E-state index in [9.17, 15) is 0 Å². The zero-order valence-corrected chi connectivity index (χ0v) is 11.6. The number of piperazine rings is 1. The smallest absolute Gasteiger partial charge is 0.168 e. The number of ether oxygens (including phenoxy) is 1. The highest BCUT2D eigenvalue weighted by Crippen LogP contribution is 2.31. The third-order valence-corrected chi connectivity index (χ3v) is 3.44. The first kappa shape index (κ1) is 12.9. The summed E-state index contributed by atoms with van der Waals surface area (Å²) in [5, 5.41) is 3.45. The van der Waals surface area contributed by atoms with Gasteiger partial charge in [-0.1, -0.05) is 18.2 Å². The lowest BCUT2D eigenvalue weighted by Crippen LogP contribution is -2.49. The molecule has 2 heterocycles. The number of pyridine rings is 1. The standard InChI is InChI=1S/C16H19N3O/c1-13-12-19(10-9-18-13)15-7-8-17-11-16(15)20-14-5-3-2-4-6-14/h2-8,11,13,18H,9-10,12H2,1H3. The van der Waals surface area contributed by atoms with E-state index in [1.807, 2.05) is 42.6 Å². The van der Waals surface area contributed by atoms with Crippen molar-refractivity contribution < 1.29 is 4.74 Å². The van der Waals surface area contributed by atoms with Crippen molar-refractivity contribution in [1.29, 1.82) is 0 Å². The largest absolute Gasteiger partial charge is 0.454 e. The summed E-state index contributed by atoms with van der Waals surface area (Å²) in [6.07, 6.45) is 3.61. The van der Waals surface area contributed by atoms with E-state index in [4.69, 9.17) is 4.74 Å². The third-order valence-electron chi connectivity index (χ3n) is 3.44. The van der Waals surface area contributed by atoms with Crippen molar-refractivity contribution in [3.05, 3.63) is 48.8 Å². The molecule has 4 heteroatoms. The number of hydrogen-bond acceptors (Lipinski definition) is 4. The van der Waals surface area contributed by atoms with Crippen LogP contribution in [0.5, 0.6) is 11.5 Å². The SMILES string of the molecule is CC1CN(c2ccncc2Oc2ccccc2)CCN1. The van der Waals surface area contributed by atoms with Crippen LogP contribution < -0.4 is 15.0 Å². The molecule has 4 nitrogen and oxygen atoms in total. The summed E-state index contributed by atoms with van der Waals surface area (Å²) in [5.74, 6) is 1.65. The van der Waals surface area contributed by atoms with E-state index in [1.165, 1.54) is 0 Å². The lowest BCUT2D eigenvalue weighted by molar-refractivity contribution is 0.460. The first-order chi connectivity index (χ1) is 9.83. The van der Waals surface area contributed by atoms with E-state index in [0.29, 0.717) is 6.04 Å². The van der Waals surface area contributed by atoms with E-state index in [1.54, 1.807) is 6.20 Å². The second kappa shape index (κ2) is 5.92. The second-order valence-electron chi connectivity index (χ2n) is 5.06. The highest BCUT2D eigenvalue weighted by atomic mass is 16.5. The predicted molar refractivity (Wildman–Crippen MR) is 80.4 cm³/mol. The molecule has 2 aromatic rings. The minimum atomic E-state index is 0.487. The molecule has 1 saturated heterocycles. The van der Waals surface area contributed by atoms with Crippen LogP contribution in [0.25, 0.3) is 0 Å². The van der Waals surface area contributed by atoms with Gasteiger partial charge in [0.2, 0.25) is 0 Å². The Balaban J connectivity index is 1.84. The maximum Gasteiger partial charge on any atom is 0.168 e. The first-order valence-electron chi connectivity index (χ1n) is 6.98. The van der Waals surface area contributed by atoms with Crippen LogP contribution in [0.2, 0.25) is 0 Å². The van der Waals surface area contributed by atoms with Crippen molar-refractivity contribution in [1.82, 2.24) is 10.3 Å². The Hall–Kier alpha value is -2.07. The van der Waals surface area contributed by atoms with Gasteiger partial charge in [0.15, 0.2) is 5.75 Å². The van der Waals surface area contributed by atoms with Gasteiger partial charge in [-0.3, -0.25) is 4.98 Å². The van der Waals surface area contributed by atoms with Crippen LogP contribution in [-0.4, -0.2) is 30.7 Å². The minimum absolute atomic E-state index is 0.487. The zero-order valence-electron chi connectivity index (χ0n) is 11.6. The average Bonchev–Trinajstić information content (AvgIpc) is 2.49. The maximum atomic E-state index is 5.97. The molecule has 1 unspecified atom stereocenters. The molecule has 1 N–H and O–H groups in total. The summed E-state index contributed by atoms with van der Waals surface area (Å²) in [6.45, 7) is 5.16. The van der Waals surface area contributed by atoms with E-state index in [2.05, 4.69) is 22.1 Å². The predicted octanol–water partition coefficient (Wildman–Crippen LogP) is 2.67. The van der Waals surface area contributed by atoms with Gasteiger partial charge in [-0.05, 0) is 25.1 Å². The van der Waals surface area contributed by atoms with Crippen LogP contribution in [0.1, 0.15) is 6.92 Å². The maximum absolute atomic E-state index is 5.97. The van der Waals surface area contributed by atoms with E-state index in [-0.39, 0.29) is 0 Å². The molecule has 1 fully saturated rings. The fraction of sp³-hybridized carbons (Fsp3) is 0.312. The van der Waals surface area contributed by atoms with Crippen molar-refractivity contribution in [3.63, 3.8) is 0 Å². The van der Waals surface area contributed by atoms with Crippen LogP contribution in [0.15, 0.2) is 48.8 Å². The van der Waals surface area contributed by atoms with E-state index in [0.717, 1.165) is 36.8 Å². The van der Waals surface area contributed by atoms with E-state index < -0.39 is 0 Å². The quantitative estimate of drug-likeness (QED) is 0.929. The van der Waals surface area contributed by atoms with Gasteiger partial charge in [-0.25, -0.2) is 0 Å². The van der Waals surface area contributed by atoms with Gasteiger partial charge < -0.3 is 15.0 Å². The normalized spacial score (nSPS) is 18.9. The van der Waals surface area contributed by atoms with Gasteiger partial charge in [0.25, 0.3) is 0 Å². The molecule has 1 aliphatic rings. The molecular weight excluding hydrogens is 250 g/mol. The molecule has 20 heavy (non-hydrogen) atoms. The van der Waals surface area contributed by atoms with Crippen molar-refractivity contribution in [2.24, 2.45) is 0 Å². The number of nitrogens with zero attached hydrogens (tertiary/aromatic N) is 2. The number of anilines is 1. The fourth-order valence-electron chi connectivity index (χ4n) is 2.48. The zero-order chi connectivity index (χ0) is 13.8. The number of aromatic nitrogens is 1. The Bertz CT molecular complexity index is 559. The summed E-state index contributed by atoms with van der Waals surface area (Å²) in [6, 6.07) is 12.3. The molecule has 0 aliphatic carbocycles. The number of benzene rings is 1. The first-order valence-corrected chi connectivity index (χ1v) is 6.98. The lowest BCUT2D eigenvalue weighted by Gasteiger charge is -2.34. The fourth-order valence-corrected chi connectivity index (χ4v) is 2.48. The van der Waals surface area contributed by atoms with Gasteiger partial charge in [-0.2, -0.15) is 0 Å². The van der Waals surface area contributed by atoms with Crippen molar-refractivity contribution in [3.8, 4) is 11.5 Å². The summed E-state index contributed by atoms with van der Waals surface area (Å²) in [4.78, 5) is 6.54. The monoisotopic (exact) mass is 269 g/mol. The topological polar surface area (TPSA) is 37.4 Å². The molecule has 0 saturated carbocycles. The molecular formula is C16H19N3O. The minimum Gasteiger partial charge on any atom is -0.454 e. The Kier molecular flexibility index (Phi) is 3.83. The van der Waals surface area contributed by atoms with Crippen molar-refractivity contribution in [2.45, 2.75) is 13.0 Å². The molecule has 0 bridgehead atoms. The molecule has 1 aliphatic heterocycles. The number of nitrogens with one attached hydrogen (secondary N) is 1. The number of hydrogen-bond donors (Lipinski definition) is 1. The van der Waals surface area contributed by atoms with Crippen molar-refractivity contribution in [2.75, 3.05) is 24.5 Å². The molecule has 0 radical (unpaired) electrons. The number of rotatable bonds is 3. The molecule has 3 rings (SSSR count). The number of para-hydroxylation sites is 1. The van der Waals surface area contributed by atoms with Gasteiger partial charge >= 0.3 is 0 Å². The van der Waals surface area contributed by atoms with Crippen LogP contribution in [0.4, 0.5) is 5.69 Å². The molecule has 1 aromatic carbocycles. The molecule has 0 spiro atoms. The Morgan fingerprint density at radius 2 is 2.10 bits per heavy atom. The van der Waals surface area contributed by atoms with Crippen LogP contribution in [0, 0.1) is 0 Å². The molecule has 0 amide bonds. The highest BCUT2D eigenvalue weighted by Gasteiger charge is 2.19. The lowest BCUT2D eigenvalue weighted by atomic mass is 10.2.